The molecule has 1 aliphatic heterocycles. The molecule has 1 amide bonds. The minimum atomic E-state index is -0.167. The zero-order chi connectivity index (χ0) is 17.3. The van der Waals surface area contributed by atoms with Crippen molar-refractivity contribution >= 4 is 29.1 Å². The third-order valence-electron chi connectivity index (χ3n) is 4.23. The smallest absolute Gasteiger partial charge is 0.293 e. The Morgan fingerprint density at radius 3 is 2.71 bits per heavy atom. The van der Waals surface area contributed by atoms with Gasteiger partial charge in [-0.2, -0.15) is 0 Å². The van der Waals surface area contributed by atoms with Crippen LogP contribution in [0.4, 0.5) is 0 Å². The van der Waals surface area contributed by atoms with Crippen LogP contribution in [0.25, 0.3) is 5.69 Å². The summed E-state index contributed by atoms with van der Waals surface area (Å²) in [5.74, 6) is 0.566. The van der Waals surface area contributed by atoms with E-state index in [0.717, 1.165) is 19.4 Å². The highest BCUT2D eigenvalue weighted by molar-refractivity contribution is 6.37. The maximum absolute atomic E-state index is 12.7. The second-order valence-corrected chi connectivity index (χ2v) is 6.66. The van der Waals surface area contributed by atoms with E-state index < -0.39 is 0 Å². The van der Waals surface area contributed by atoms with E-state index >= 15 is 0 Å². The summed E-state index contributed by atoms with van der Waals surface area (Å²) in [5.41, 5.74) is 0.539. The van der Waals surface area contributed by atoms with Crippen LogP contribution < -0.4 is 5.32 Å². The molecule has 0 saturated carbocycles. The van der Waals surface area contributed by atoms with Crippen molar-refractivity contribution in [3.63, 3.8) is 0 Å². The van der Waals surface area contributed by atoms with E-state index in [-0.39, 0.29) is 11.7 Å². The quantitative estimate of drug-likeness (QED) is 0.905. The van der Waals surface area contributed by atoms with Gasteiger partial charge in [0.15, 0.2) is 0 Å². The second-order valence-electron chi connectivity index (χ2n) is 5.84. The maximum Gasteiger partial charge on any atom is 0.293 e. The molecule has 2 heterocycles. The van der Waals surface area contributed by atoms with Crippen LogP contribution in [0.1, 0.15) is 29.3 Å². The summed E-state index contributed by atoms with van der Waals surface area (Å²) in [6.45, 7) is 3.16. The largest absolute Gasteiger partial charge is 0.334 e. The molecule has 1 N–H and O–H groups in total. The van der Waals surface area contributed by atoms with E-state index in [0.29, 0.717) is 34.1 Å². The lowest BCUT2D eigenvalue weighted by Crippen LogP contribution is -2.47. The normalized spacial score (nSPS) is 18.0. The van der Waals surface area contributed by atoms with Gasteiger partial charge < -0.3 is 10.2 Å². The number of amides is 1. The van der Waals surface area contributed by atoms with Crippen LogP contribution in [-0.2, 0) is 0 Å². The van der Waals surface area contributed by atoms with Gasteiger partial charge in [0.1, 0.15) is 11.5 Å². The molecule has 1 unspecified atom stereocenters. The molecule has 1 fully saturated rings. The van der Waals surface area contributed by atoms with Gasteiger partial charge in [-0.05, 0) is 38.9 Å². The van der Waals surface area contributed by atoms with Crippen LogP contribution >= 0.6 is 23.2 Å². The average Bonchev–Trinajstić information content (AvgIpc) is 2.96. The van der Waals surface area contributed by atoms with E-state index in [1.807, 2.05) is 7.05 Å². The number of halogens is 2. The predicted molar refractivity (Wildman–Crippen MR) is 94.1 cm³/mol. The van der Waals surface area contributed by atoms with Gasteiger partial charge >= 0.3 is 0 Å². The lowest BCUT2D eigenvalue weighted by molar-refractivity contribution is 0.0686. The van der Waals surface area contributed by atoms with Crippen molar-refractivity contribution in [3.8, 4) is 5.69 Å². The van der Waals surface area contributed by atoms with E-state index in [1.54, 1.807) is 30.0 Å². The fraction of sp³-hybridized carbons (Fsp3) is 0.438. The Morgan fingerprint density at radius 1 is 1.33 bits per heavy atom. The highest BCUT2D eigenvalue weighted by Crippen LogP contribution is 2.28. The molecule has 1 aliphatic rings. The van der Waals surface area contributed by atoms with Gasteiger partial charge in [0, 0.05) is 19.1 Å². The fourth-order valence-corrected chi connectivity index (χ4v) is 3.48. The van der Waals surface area contributed by atoms with E-state index in [1.165, 1.54) is 4.68 Å². The van der Waals surface area contributed by atoms with Crippen molar-refractivity contribution in [1.29, 1.82) is 0 Å². The number of rotatable bonds is 3. The number of carbonyl (C=O) groups is 1. The maximum atomic E-state index is 12.7. The molecule has 1 atom stereocenters. The summed E-state index contributed by atoms with van der Waals surface area (Å²) >= 11 is 12.5. The molecule has 8 heteroatoms. The van der Waals surface area contributed by atoms with Gasteiger partial charge in [-0.25, -0.2) is 9.67 Å². The molecule has 3 rings (SSSR count). The van der Waals surface area contributed by atoms with Crippen molar-refractivity contribution in [2.75, 3.05) is 20.1 Å². The Morgan fingerprint density at radius 2 is 2.04 bits per heavy atom. The number of aryl methyl sites for hydroxylation is 1. The fourth-order valence-electron chi connectivity index (χ4n) is 2.92. The van der Waals surface area contributed by atoms with Crippen molar-refractivity contribution in [2.45, 2.75) is 25.8 Å². The number of nitrogens with one attached hydrogen (secondary N) is 1. The number of benzene rings is 1. The van der Waals surface area contributed by atoms with Crippen LogP contribution in [0.15, 0.2) is 18.2 Å². The minimum absolute atomic E-state index is 0.167. The summed E-state index contributed by atoms with van der Waals surface area (Å²) in [7, 11) is 1.91. The van der Waals surface area contributed by atoms with Crippen molar-refractivity contribution in [1.82, 2.24) is 25.0 Å². The number of aromatic nitrogens is 3. The molecule has 24 heavy (non-hydrogen) atoms. The summed E-state index contributed by atoms with van der Waals surface area (Å²) in [6, 6.07) is 5.53. The third-order valence-corrected chi connectivity index (χ3v) is 4.84. The predicted octanol–water partition coefficient (Wildman–Crippen LogP) is 2.71. The van der Waals surface area contributed by atoms with Crippen molar-refractivity contribution < 1.29 is 4.79 Å². The van der Waals surface area contributed by atoms with E-state index in [9.17, 15) is 4.79 Å². The molecular weight excluding hydrogens is 349 g/mol. The monoisotopic (exact) mass is 367 g/mol. The van der Waals surface area contributed by atoms with E-state index in [2.05, 4.69) is 15.4 Å². The molecule has 2 aromatic rings. The van der Waals surface area contributed by atoms with Crippen molar-refractivity contribution in [3.05, 3.63) is 39.9 Å². The topological polar surface area (TPSA) is 63.1 Å². The second kappa shape index (κ2) is 7.09. The first-order valence-corrected chi connectivity index (χ1v) is 8.61. The number of hydrogen-bond donors (Lipinski definition) is 1. The number of nitrogens with zero attached hydrogens (tertiary/aromatic N) is 4. The van der Waals surface area contributed by atoms with Gasteiger partial charge in [-0.3, -0.25) is 4.79 Å². The number of hydrogen-bond acceptors (Lipinski definition) is 4. The standard InChI is InChI=1S/C16H19Cl2N5O/c1-10-20-15(16(24)22-8-4-5-11(9-22)19-2)21-23(10)14-12(17)6-3-7-13(14)18/h3,6-7,11,19H,4-5,8-9H2,1-2H3. The summed E-state index contributed by atoms with van der Waals surface area (Å²) in [4.78, 5) is 18.8. The lowest BCUT2D eigenvalue weighted by Gasteiger charge is -2.31. The SMILES string of the molecule is CNC1CCCN(C(=O)c2nc(C)n(-c3c(Cl)cccc3Cl)n2)C1. The summed E-state index contributed by atoms with van der Waals surface area (Å²) in [5, 5.41) is 8.50. The van der Waals surface area contributed by atoms with Crippen LogP contribution in [0.2, 0.25) is 10.0 Å². The number of para-hydroxylation sites is 1. The number of likely N-dealkylation sites (tertiary alicyclic amines) is 1. The summed E-state index contributed by atoms with van der Waals surface area (Å²) in [6.07, 6.45) is 2.03. The lowest BCUT2D eigenvalue weighted by atomic mass is 10.1. The molecule has 1 saturated heterocycles. The van der Waals surface area contributed by atoms with Gasteiger partial charge in [-0.15, -0.1) is 5.10 Å². The highest BCUT2D eigenvalue weighted by Gasteiger charge is 2.27. The Kier molecular flexibility index (Phi) is 5.08. The van der Waals surface area contributed by atoms with Gasteiger partial charge in [0.25, 0.3) is 5.91 Å². The Hall–Kier alpha value is -1.63. The Balaban J connectivity index is 1.90. The Labute approximate surface area is 150 Å². The molecular formula is C16H19Cl2N5O. The Bertz CT molecular complexity index is 741. The zero-order valence-corrected chi connectivity index (χ0v) is 15.1. The number of likely N-dealkylation sites (N-methyl/N-ethyl adjacent to an activating group) is 1. The summed E-state index contributed by atoms with van der Waals surface area (Å²) < 4.78 is 1.53. The molecule has 1 aromatic carbocycles. The molecule has 0 spiro atoms. The first kappa shape index (κ1) is 17.2. The number of carbonyl (C=O) groups excluding carboxylic acids is 1. The van der Waals surface area contributed by atoms with Crippen LogP contribution in [-0.4, -0.2) is 51.8 Å². The van der Waals surface area contributed by atoms with Gasteiger partial charge in [0.05, 0.1) is 10.0 Å². The number of piperidine rings is 1. The first-order valence-electron chi connectivity index (χ1n) is 7.86. The molecule has 0 bridgehead atoms. The van der Waals surface area contributed by atoms with Gasteiger partial charge in [0.2, 0.25) is 5.82 Å². The van der Waals surface area contributed by atoms with Crippen LogP contribution in [0, 0.1) is 6.92 Å². The highest BCUT2D eigenvalue weighted by atomic mass is 35.5. The molecule has 0 radical (unpaired) electrons. The molecule has 6 nitrogen and oxygen atoms in total. The van der Waals surface area contributed by atoms with Crippen LogP contribution in [0.3, 0.4) is 0 Å². The molecule has 1 aromatic heterocycles. The van der Waals surface area contributed by atoms with Crippen molar-refractivity contribution in [2.24, 2.45) is 0 Å². The minimum Gasteiger partial charge on any atom is -0.334 e. The first-order chi connectivity index (χ1) is 11.5. The molecule has 0 aliphatic carbocycles. The zero-order valence-electron chi connectivity index (χ0n) is 13.6. The van der Waals surface area contributed by atoms with E-state index in [4.69, 9.17) is 23.2 Å². The van der Waals surface area contributed by atoms with Gasteiger partial charge in [-0.1, -0.05) is 29.3 Å². The molecule has 128 valence electrons. The third kappa shape index (κ3) is 3.27. The average molecular weight is 368 g/mol. The van der Waals surface area contributed by atoms with Crippen LogP contribution in [0.5, 0.6) is 0 Å².